The van der Waals surface area contributed by atoms with Crippen LogP contribution < -0.4 is 4.90 Å². The van der Waals surface area contributed by atoms with Crippen molar-refractivity contribution in [3.8, 4) is 0 Å². The van der Waals surface area contributed by atoms with Gasteiger partial charge in [-0.15, -0.1) is 0 Å². The fourth-order valence-electron chi connectivity index (χ4n) is 4.31. The first kappa shape index (κ1) is 24.0. The second-order valence-electron chi connectivity index (χ2n) is 8.57. The minimum atomic E-state index is -0.504. The van der Waals surface area contributed by atoms with Gasteiger partial charge in [0.1, 0.15) is 0 Å². The number of benzene rings is 2. The lowest BCUT2D eigenvalue weighted by Gasteiger charge is -2.36. The Morgan fingerprint density at radius 3 is 2.26 bits per heavy atom. The van der Waals surface area contributed by atoms with E-state index in [4.69, 9.17) is 4.74 Å². The highest BCUT2D eigenvalue weighted by molar-refractivity contribution is 5.92. The molecule has 1 aromatic heterocycles. The molecule has 1 fully saturated rings. The number of ether oxygens (including phenoxy) is 1. The molecule has 0 unspecified atom stereocenters. The summed E-state index contributed by atoms with van der Waals surface area (Å²) in [6.07, 6.45) is 0. The monoisotopic (exact) mass is 476 g/mol. The quantitative estimate of drug-likeness (QED) is 0.294. The molecule has 0 spiro atoms. The molecule has 0 N–H and O–H groups in total. The number of nitro benzene ring substituents is 1. The summed E-state index contributed by atoms with van der Waals surface area (Å²) in [6.45, 7) is 6.34. The lowest BCUT2D eigenvalue weighted by Crippen LogP contribution is -2.49. The van der Waals surface area contributed by atoms with E-state index >= 15 is 0 Å². The van der Waals surface area contributed by atoms with E-state index in [0.717, 1.165) is 22.6 Å². The highest BCUT2D eigenvalue weighted by Crippen LogP contribution is 2.21. The first-order valence-electron chi connectivity index (χ1n) is 11.5. The maximum atomic E-state index is 12.7. The van der Waals surface area contributed by atoms with E-state index in [-0.39, 0.29) is 18.2 Å². The molecule has 0 atom stereocenters. The van der Waals surface area contributed by atoms with Gasteiger partial charge in [0.25, 0.3) is 11.6 Å². The van der Waals surface area contributed by atoms with Crippen molar-refractivity contribution in [1.29, 1.82) is 0 Å². The van der Waals surface area contributed by atoms with Crippen LogP contribution in [0.4, 0.5) is 11.4 Å². The van der Waals surface area contributed by atoms with E-state index in [1.54, 1.807) is 23.1 Å². The SMILES string of the molecule is Cc1cc(C(=O)OCC(=O)N2CCN(c3ccc([N+](=O)[O-])cc3)CC2)c(C)n1Cc1ccccc1. The second kappa shape index (κ2) is 10.4. The van der Waals surface area contributed by atoms with Crippen LogP contribution >= 0.6 is 0 Å². The van der Waals surface area contributed by atoms with Crippen molar-refractivity contribution < 1.29 is 19.2 Å². The van der Waals surface area contributed by atoms with E-state index in [2.05, 4.69) is 9.47 Å². The van der Waals surface area contributed by atoms with Crippen molar-refractivity contribution in [2.75, 3.05) is 37.7 Å². The molecule has 9 nitrogen and oxygen atoms in total. The van der Waals surface area contributed by atoms with Gasteiger partial charge in [0.15, 0.2) is 6.61 Å². The number of esters is 1. The predicted octanol–water partition coefficient (Wildman–Crippen LogP) is 3.57. The van der Waals surface area contributed by atoms with Crippen molar-refractivity contribution in [1.82, 2.24) is 9.47 Å². The van der Waals surface area contributed by atoms with Gasteiger partial charge in [-0.3, -0.25) is 14.9 Å². The average molecular weight is 477 g/mol. The van der Waals surface area contributed by atoms with Gasteiger partial charge in [-0.05, 0) is 37.6 Å². The number of hydrogen-bond acceptors (Lipinski definition) is 6. The van der Waals surface area contributed by atoms with Crippen LogP contribution in [0.1, 0.15) is 27.3 Å². The number of aromatic nitrogens is 1. The number of nitrogens with zero attached hydrogens (tertiary/aromatic N) is 4. The zero-order valence-electron chi connectivity index (χ0n) is 19.8. The molecular formula is C26H28N4O5. The third-order valence-electron chi connectivity index (χ3n) is 6.36. The largest absolute Gasteiger partial charge is 0.452 e. The predicted molar refractivity (Wildman–Crippen MR) is 132 cm³/mol. The van der Waals surface area contributed by atoms with Gasteiger partial charge in [0, 0.05) is 61.9 Å². The molecule has 1 saturated heterocycles. The van der Waals surface area contributed by atoms with E-state index < -0.39 is 10.9 Å². The molecule has 4 rings (SSSR count). The van der Waals surface area contributed by atoms with Crippen molar-refractivity contribution in [2.24, 2.45) is 0 Å². The van der Waals surface area contributed by atoms with Crippen LogP contribution in [-0.4, -0.2) is 59.1 Å². The molecule has 9 heteroatoms. The number of nitro groups is 1. The van der Waals surface area contributed by atoms with Gasteiger partial charge in [-0.1, -0.05) is 30.3 Å². The summed E-state index contributed by atoms with van der Waals surface area (Å²) in [6, 6.07) is 18.2. The Bertz CT molecular complexity index is 1210. The van der Waals surface area contributed by atoms with Crippen LogP contribution in [0.3, 0.4) is 0 Å². The molecule has 0 radical (unpaired) electrons. The van der Waals surface area contributed by atoms with E-state index in [9.17, 15) is 19.7 Å². The number of aryl methyl sites for hydroxylation is 1. The Labute approximate surface area is 203 Å². The normalized spacial score (nSPS) is 13.5. The third kappa shape index (κ3) is 5.51. The summed E-state index contributed by atoms with van der Waals surface area (Å²) >= 11 is 0. The molecule has 0 bridgehead atoms. The molecular weight excluding hydrogens is 448 g/mol. The number of hydrogen-bond donors (Lipinski definition) is 0. The van der Waals surface area contributed by atoms with Crippen LogP contribution in [0.2, 0.25) is 0 Å². The summed E-state index contributed by atoms with van der Waals surface area (Å²) in [5, 5.41) is 10.8. The molecule has 2 aromatic carbocycles. The van der Waals surface area contributed by atoms with Crippen LogP contribution in [0.5, 0.6) is 0 Å². The molecule has 1 aliphatic heterocycles. The highest BCUT2D eigenvalue weighted by atomic mass is 16.6. The van der Waals surface area contributed by atoms with Crippen molar-refractivity contribution in [3.05, 3.63) is 93.3 Å². The Morgan fingerprint density at radius 2 is 1.63 bits per heavy atom. The molecule has 2 heterocycles. The standard InChI is InChI=1S/C26H28N4O5/c1-19-16-24(20(2)29(19)17-21-6-4-3-5-7-21)26(32)35-18-25(31)28-14-12-27(13-15-28)22-8-10-23(11-9-22)30(33)34/h3-11,16H,12-15,17-18H2,1-2H3. The molecule has 0 saturated carbocycles. The first-order chi connectivity index (χ1) is 16.8. The highest BCUT2D eigenvalue weighted by Gasteiger charge is 2.24. The minimum Gasteiger partial charge on any atom is -0.452 e. The topological polar surface area (TPSA) is 97.9 Å². The minimum absolute atomic E-state index is 0.0465. The van der Waals surface area contributed by atoms with Gasteiger partial charge >= 0.3 is 5.97 Å². The fourth-order valence-corrected chi connectivity index (χ4v) is 4.31. The Balaban J connectivity index is 1.29. The van der Waals surface area contributed by atoms with Gasteiger partial charge < -0.3 is 19.1 Å². The number of anilines is 1. The Hall–Kier alpha value is -4.14. The van der Waals surface area contributed by atoms with Gasteiger partial charge in [0.2, 0.25) is 0 Å². The van der Waals surface area contributed by atoms with Crippen LogP contribution in [0.25, 0.3) is 0 Å². The second-order valence-corrected chi connectivity index (χ2v) is 8.57. The molecule has 1 amide bonds. The van der Waals surface area contributed by atoms with Crippen molar-refractivity contribution >= 4 is 23.3 Å². The van der Waals surface area contributed by atoms with Crippen LogP contribution in [0, 0.1) is 24.0 Å². The number of piperazine rings is 1. The summed E-state index contributed by atoms with van der Waals surface area (Å²) < 4.78 is 7.43. The summed E-state index contributed by atoms with van der Waals surface area (Å²) in [5.74, 6) is -0.741. The molecule has 0 aliphatic carbocycles. The lowest BCUT2D eigenvalue weighted by atomic mass is 10.2. The van der Waals surface area contributed by atoms with Gasteiger partial charge in [-0.25, -0.2) is 4.79 Å². The maximum absolute atomic E-state index is 12.7. The maximum Gasteiger partial charge on any atom is 0.340 e. The number of non-ortho nitro benzene ring substituents is 1. The Morgan fingerprint density at radius 1 is 0.971 bits per heavy atom. The smallest absolute Gasteiger partial charge is 0.340 e. The summed E-state index contributed by atoms with van der Waals surface area (Å²) in [4.78, 5) is 39.5. The zero-order chi connectivity index (χ0) is 24.9. The van der Waals surface area contributed by atoms with Gasteiger partial charge in [-0.2, -0.15) is 0 Å². The van der Waals surface area contributed by atoms with Crippen LogP contribution in [0.15, 0.2) is 60.7 Å². The van der Waals surface area contributed by atoms with Crippen molar-refractivity contribution in [3.63, 3.8) is 0 Å². The molecule has 35 heavy (non-hydrogen) atoms. The van der Waals surface area contributed by atoms with Crippen LogP contribution in [-0.2, 0) is 16.1 Å². The molecule has 3 aromatic rings. The first-order valence-corrected chi connectivity index (χ1v) is 11.5. The molecule has 182 valence electrons. The summed E-state index contributed by atoms with van der Waals surface area (Å²) in [7, 11) is 0. The van der Waals surface area contributed by atoms with E-state index in [1.165, 1.54) is 12.1 Å². The number of carbonyl (C=O) groups is 2. The Kier molecular flexibility index (Phi) is 7.14. The number of carbonyl (C=O) groups excluding carboxylic acids is 2. The number of rotatable bonds is 7. The number of amides is 1. The average Bonchev–Trinajstić information content (AvgIpc) is 3.16. The lowest BCUT2D eigenvalue weighted by molar-refractivity contribution is -0.384. The van der Waals surface area contributed by atoms with Gasteiger partial charge in [0.05, 0.1) is 10.5 Å². The molecule has 1 aliphatic rings. The van der Waals surface area contributed by atoms with E-state index in [0.29, 0.717) is 38.3 Å². The van der Waals surface area contributed by atoms with Crippen molar-refractivity contribution in [2.45, 2.75) is 20.4 Å². The fraction of sp³-hybridized carbons (Fsp3) is 0.308. The zero-order valence-corrected chi connectivity index (χ0v) is 19.8. The van der Waals surface area contributed by atoms with E-state index in [1.807, 2.05) is 44.2 Å². The summed E-state index contributed by atoms with van der Waals surface area (Å²) in [5.41, 5.74) is 4.28. The third-order valence-corrected chi connectivity index (χ3v) is 6.36.